The molecule has 0 atom stereocenters. The Morgan fingerprint density at radius 1 is 1.37 bits per heavy atom. The molecule has 100 valence electrons. The maximum absolute atomic E-state index is 12.1. The molecule has 0 aliphatic carbocycles. The maximum atomic E-state index is 12.1. The van der Waals surface area contributed by atoms with Gasteiger partial charge in [-0.15, -0.1) is 0 Å². The highest BCUT2D eigenvalue weighted by atomic mass is 127. The molecule has 1 amide bonds. The van der Waals surface area contributed by atoms with Crippen molar-refractivity contribution in [2.45, 2.75) is 19.8 Å². The number of anilines is 1. The summed E-state index contributed by atoms with van der Waals surface area (Å²) in [6, 6.07) is 7.61. The lowest BCUT2D eigenvalue weighted by molar-refractivity contribution is 0.102. The molecule has 0 radical (unpaired) electrons. The number of nitrogens with one attached hydrogen (secondary N) is 2. The first kappa shape index (κ1) is 14.5. The summed E-state index contributed by atoms with van der Waals surface area (Å²) in [7, 11) is 0. The number of rotatable bonds is 3. The third-order valence-electron chi connectivity index (χ3n) is 2.63. The van der Waals surface area contributed by atoms with Gasteiger partial charge in [-0.05, 0) is 68.7 Å². The molecule has 1 aromatic heterocycles. The van der Waals surface area contributed by atoms with Gasteiger partial charge in [-0.2, -0.15) is 5.10 Å². The second kappa shape index (κ2) is 6.04. The molecule has 4 nitrogen and oxygen atoms in total. The van der Waals surface area contributed by atoms with Crippen LogP contribution in [0.25, 0.3) is 0 Å². The van der Waals surface area contributed by atoms with Crippen molar-refractivity contribution in [1.82, 2.24) is 10.2 Å². The normalized spacial score (nSPS) is 10.8. The molecule has 1 heterocycles. The summed E-state index contributed by atoms with van der Waals surface area (Å²) >= 11 is 5.64. The van der Waals surface area contributed by atoms with Crippen LogP contribution in [0.3, 0.4) is 0 Å². The van der Waals surface area contributed by atoms with Crippen molar-refractivity contribution >= 4 is 50.1 Å². The second-order valence-corrected chi connectivity index (χ2v) is 6.45. The zero-order valence-electron chi connectivity index (χ0n) is 10.5. The molecule has 0 aliphatic rings. The van der Waals surface area contributed by atoms with Crippen molar-refractivity contribution in [3.63, 3.8) is 0 Å². The van der Waals surface area contributed by atoms with E-state index in [0.29, 0.717) is 5.69 Å². The highest BCUT2D eigenvalue weighted by molar-refractivity contribution is 14.1. The van der Waals surface area contributed by atoms with E-state index in [4.69, 9.17) is 0 Å². The molecule has 2 rings (SSSR count). The lowest BCUT2D eigenvalue weighted by Crippen LogP contribution is -2.13. The number of halogens is 2. The topological polar surface area (TPSA) is 57.8 Å². The highest BCUT2D eigenvalue weighted by Crippen LogP contribution is 2.26. The molecule has 0 saturated carbocycles. The smallest absolute Gasteiger partial charge is 0.277 e. The first-order chi connectivity index (χ1) is 8.99. The van der Waals surface area contributed by atoms with Crippen molar-refractivity contribution in [1.29, 1.82) is 0 Å². The summed E-state index contributed by atoms with van der Waals surface area (Å²) in [5, 5.41) is 9.78. The van der Waals surface area contributed by atoms with Gasteiger partial charge in [0.2, 0.25) is 0 Å². The molecule has 19 heavy (non-hydrogen) atoms. The van der Waals surface area contributed by atoms with Gasteiger partial charge >= 0.3 is 0 Å². The number of hydrogen-bond donors (Lipinski definition) is 2. The van der Waals surface area contributed by atoms with Gasteiger partial charge in [0, 0.05) is 9.26 Å². The molecule has 0 bridgehead atoms. The third kappa shape index (κ3) is 3.36. The van der Waals surface area contributed by atoms with Crippen LogP contribution in [0.5, 0.6) is 0 Å². The van der Waals surface area contributed by atoms with E-state index in [0.717, 1.165) is 19.4 Å². The van der Waals surface area contributed by atoms with Crippen LogP contribution in [-0.2, 0) is 0 Å². The number of nitrogens with zero attached hydrogens (tertiary/aromatic N) is 1. The van der Waals surface area contributed by atoms with Crippen LogP contribution >= 0.6 is 38.5 Å². The van der Waals surface area contributed by atoms with Crippen LogP contribution < -0.4 is 5.32 Å². The fourth-order valence-electron chi connectivity index (χ4n) is 1.60. The Morgan fingerprint density at radius 2 is 2.00 bits per heavy atom. The van der Waals surface area contributed by atoms with E-state index in [1.807, 2.05) is 38.1 Å². The van der Waals surface area contributed by atoms with Crippen LogP contribution in [0.2, 0.25) is 0 Å². The fraction of sp³-hybridized carbons (Fsp3) is 0.231. The molecule has 0 unspecified atom stereocenters. The van der Waals surface area contributed by atoms with Gasteiger partial charge in [-0.3, -0.25) is 9.89 Å². The van der Waals surface area contributed by atoms with Crippen LogP contribution in [0.15, 0.2) is 28.7 Å². The number of carbonyl (C=O) groups excluding carboxylic acids is 1. The van der Waals surface area contributed by atoms with E-state index in [9.17, 15) is 4.79 Å². The Hall–Kier alpha value is -0.890. The molecule has 2 aromatic rings. The average molecular weight is 434 g/mol. The average Bonchev–Trinajstić information content (AvgIpc) is 2.74. The van der Waals surface area contributed by atoms with E-state index in [1.54, 1.807) is 0 Å². The van der Waals surface area contributed by atoms with Gasteiger partial charge in [0.15, 0.2) is 5.69 Å². The molecule has 0 fully saturated rings. The van der Waals surface area contributed by atoms with Gasteiger partial charge in [0.05, 0.1) is 10.2 Å². The minimum Gasteiger partial charge on any atom is -0.321 e. The minimum atomic E-state index is -0.226. The predicted octanol–water partition coefficient (Wildman–Crippen LogP) is 4.15. The van der Waals surface area contributed by atoms with Gasteiger partial charge < -0.3 is 5.32 Å². The van der Waals surface area contributed by atoms with E-state index in [2.05, 4.69) is 54.0 Å². The van der Waals surface area contributed by atoms with Gasteiger partial charge in [0.1, 0.15) is 0 Å². The SMILES string of the molecule is CC(C)c1[nH]nc(C(=O)Nc2ccc(I)cc2)c1Br. The summed E-state index contributed by atoms with van der Waals surface area (Å²) < 4.78 is 1.85. The quantitative estimate of drug-likeness (QED) is 0.714. The monoisotopic (exact) mass is 433 g/mol. The Kier molecular flexibility index (Phi) is 4.62. The van der Waals surface area contributed by atoms with Gasteiger partial charge in [-0.25, -0.2) is 0 Å². The van der Waals surface area contributed by atoms with Crippen molar-refractivity contribution in [3.8, 4) is 0 Å². The number of benzene rings is 1. The lowest BCUT2D eigenvalue weighted by atomic mass is 10.1. The minimum absolute atomic E-state index is 0.226. The number of amides is 1. The van der Waals surface area contributed by atoms with Crippen LogP contribution in [0.1, 0.15) is 35.9 Å². The van der Waals surface area contributed by atoms with Crippen LogP contribution in [0, 0.1) is 3.57 Å². The molecule has 0 saturated heterocycles. The summed E-state index contributed by atoms with van der Waals surface area (Å²) in [6.45, 7) is 4.08. The number of carbonyl (C=O) groups is 1. The molecule has 2 N–H and O–H groups in total. The van der Waals surface area contributed by atoms with E-state index >= 15 is 0 Å². The highest BCUT2D eigenvalue weighted by Gasteiger charge is 2.19. The lowest BCUT2D eigenvalue weighted by Gasteiger charge is -2.04. The van der Waals surface area contributed by atoms with Crippen molar-refractivity contribution in [2.75, 3.05) is 5.32 Å². The standard InChI is InChI=1S/C13H13BrIN3O/c1-7(2)11-10(14)12(18-17-11)13(19)16-9-5-3-8(15)4-6-9/h3-7H,1-2H3,(H,16,19)(H,17,18). The fourth-order valence-corrected chi connectivity index (χ4v) is 2.77. The Balaban J connectivity index is 2.18. The molecular formula is C13H13BrIN3O. The van der Waals surface area contributed by atoms with Crippen LogP contribution in [0.4, 0.5) is 5.69 Å². The van der Waals surface area contributed by atoms with E-state index in [-0.39, 0.29) is 11.8 Å². The zero-order chi connectivity index (χ0) is 14.0. The van der Waals surface area contributed by atoms with Gasteiger partial charge in [-0.1, -0.05) is 13.8 Å². The van der Waals surface area contributed by atoms with E-state index < -0.39 is 0 Å². The molecule has 1 aromatic carbocycles. The Morgan fingerprint density at radius 3 is 2.53 bits per heavy atom. The largest absolute Gasteiger partial charge is 0.321 e. The van der Waals surface area contributed by atoms with Crippen molar-refractivity contribution in [3.05, 3.63) is 43.7 Å². The van der Waals surface area contributed by atoms with Crippen molar-refractivity contribution in [2.24, 2.45) is 0 Å². The number of hydrogen-bond acceptors (Lipinski definition) is 2. The number of aromatic amines is 1. The summed E-state index contributed by atoms with van der Waals surface area (Å²) in [6.07, 6.45) is 0. The van der Waals surface area contributed by atoms with Crippen LogP contribution in [-0.4, -0.2) is 16.1 Å². The summed E-state index contributed by atoms with van der Waals surface area (Å²) in [5.41, 5.74) is 2.06. The first-order valence-electron chi connectivity index (χ1n) is 5.79. The third-order valence-corrected chi connectivity index (χ3v) is 4.15. The van der Waals surface area contributed by atoms with Gasteiger partial charge in [0.25, 0.3) is 5.91 Å². The number of H-pyrrole nitrogens is 1. The van der Waals surface area contributed by atoms with Crippen molar-refractivity contribution < 1.29 is 4.79 Å². The molecule has 0 aliphatic heterocycles. The summed E-state index contributed by atoms with van der Waals surface area (Å²) in [5.74, 6) is 0.0537. The Labute approximate surface area is 133 Å². The molecule has 0 spiro atoms. The predicted molar refractivity (Wildman–Crippen MR) is 87.5 cm³/mol. The first-order valence-corrected chi connectivity index (χ1v) is 7.67. The number of aromatic nitrogens is 2. The summed E-state index contributed by atoms with van der Waals surface area (Å²) in [4.78, 5) is 12.1. The van der Waals surface area contributed by atoms with E-state index in [1.165, 1.54) is 0 Å². The maximum Gasteiger partial charge on any atom is 0.277 e. The second-order valence-electron chi connectivity index (χ2n) is 4.42. The molecule has 6 heteroatoms. The zero-order valence-corrected chi connectivity index (χ0v) is 14.2. The Bertz CT molecular complexity index is 592. The molecular weight excluding hydrogens is 421 g/mol.